The van der Waals surface area contributed by atoms with Crippen LogP contribution in [0.15, 0.2) is 12.3 Å². The van der Waals surface area contributed by atoms with Crippen molar-refractivity contribution in [3.63, 3.8) is 0 Å². The van der Waals surface area contributed by atoms with Crippen molar-refractivity contribution in [2.24, 2.45) is 0 Å². The summed E-state index contributed by atoms with van der Waals surface area (Å²) in [6.07, 6.45) is 1.72. The number of nitrogens with zero attached hydrogens (tertiary/aromatic N) is 2. The molecule has 4 heteroatoms. The number of methoxy groups -OCH3 is 1. The fourth-order valence-electron chi connectivity index (χ4n) is 1.24. The second-order valence-electron chi connectivity index (χ2n) is 4.85. The molecule has 0 amide bonds. The summed E-state index contributed by atoms with van der Waals surface area (Å²) < 4.78 is 10.6. The van der Waals surface area contributed by atoms with Crippen molar-refractivity contribution in [1.82, 2.24) is 9.97 Å². The van der Waals surface area contributed by atoms with Crippen LogP contribution in [-0.4, -0.2) is 29.8 Å². The molecule has 1 rings (SSSR count). The van der Waals surface area contributed by atoms with Gasteiger partial charge in [0, 0.05) is 24.8 Å². The summed E-state index contributed by atoms with van der Waals surface area (Å²) in [5.74, 6) is 1.39. The van der Waals surface area contributed by atoms with Gasteiger partial charge in [0.15, 0.2) is 0 Å². The molecule has 90 valence electrons. The smallest absolute Gasteiger partial charge is 0.216 e. The third-order valence-corrected chi connectivity index (χ3v) is 2.02. The monoisotopic (exact) mass is 224 g/mol. The zero-order valence-electron chi connectivity index (χ0n) is 10.7. The molecule has 0 aromatic carbocycles. The molecule has 16 heavy (non-hydrogen) atoms. The van der Waals surface area contributed by atoms with Crippen LogP contribution in [0.4, 0.5) is 0 Å². The van der Waals surface area contributed by atoms with E-state index in [2.05, 4.69) is 30.7 Å². The molecule has 4 nitrogen and oxygen atoms in total. The van der Waals surface area contributed by atoms with E-state index < -0.39 is 0 Å². The molecule has 0 spiro atoms. The van der Waals surface area contributed by atoms with Crippen LogP contribution in [0.2, 0.25) is 0 Å². The topological polar surface area (TPSA) is 44.2 Å². The van der Waals surface area contributed by atoms with Crippen LogP contribution in [-0.2, 0) is 10.2 Å². The average molecular weight is 224 g/mol. The highest BCUT2D eigenvalue weighted by Crippen LogP contribution is 2.19. The zero-order valence-corrected chi connectivity index (χ0v) is 10.7. The first-order valence-electron chi connectivity index (χ1n) is 5.42. The van der Waals surface area contributed by atoms with E-state index in [1.54, 1.807) is 19.4 Å². The molecule has 0 saturated carbocycles. The maximum atomic E-state index is 5.61. The summed E-state index contributed by atoms with van der Waals surface area (Å²) in [6.45, 7) is 8.72. The molecular weight excluding hydrogens is 204 g/mol. The van der Waals surface area contributed by atoms with Crippen molar-refractivity contribution in [3.8, 4) is 5.88 Å². The summed E-state index contributed by atoms with van der Waals surface area (Å²) in [7, 11) is 1.65. The van der Waals surface area contributed by atoms with E-state index in [-0.39, 0.29) is 11.5 Å². The Hall–Kier alpha value is -1.16. The SMILES string of the molecule is COCC(C)Oc1ccnc(C(C)(C)C)n1. The number of ether oxygens (including phenoxy) is 2. The minimum atomic E-state index is -0.0656. The van der Waals surface area contributed by atoms with Gasteiger partial charge in [-0.1, -0.05) is 20.8 Å². The minimum Gasteiger partial charge on any atom is -0.472 e. The van der Waals surface area contributed by atoms with Crippen molar-refractivity contribution in [1.29, 1.82) is 0 Å². The first-order chi connectivity index (χ1) is 7.43. The summed E-state index contributed by atoms with van der Waals surface area (Å²) in [5.41, 5.74) is -0.0656. The standard InChI is InChI=1S/C12H20N2O2/c1-9(8-15-5)16-10-6-7-13-11(14-10)12(2,3)4/h6-7,9H,8H2,1-5H3. The molecule has 0 N–H and O–H groups in total. The predicted octanol–water partition coefficient (Wildman–Crippen LogP) is 2.19. The van der Waals surface area contributed by atoms with Gasteiger partial charge in [0.2, 0.25) is 5.88 Å². The van der Waals surface area contributed by atoms with Crippen molar-refractivity contribution < 1.29 is 9.47 Å². The lowest BCUT2D eigenvalue weighted by molar-refractivity contribution is 0.0885. The maximum Gasteiger partial charge on any atom is 0.216 e. The van der Waals surface area contributed by atoms with Gasteiger partial charge in [-0.2, -0.15) is 4.98 Å². The Morgan fingerprint density at radius 3 is 2.62 bits per heavy atom. The van der Waals surface area contributed by atoms with Crippen molar-refractivity contribution in [3.05, 3.63) is 18.1 Å². The molecule has 1 heterocycles. The first-order valence-corrected chi connectivity index (χ1v) is 5.42. The predicted molar refractivity (Wildman–Crippen MR) is 62.7 cm³/mol. The van der Waals surface area contributed by atoms with E-state index in [4.69, 9.17) is 9.47 Å². The second kappa shape index (κ2) is 5.25. The molecule has 1 aromatic heterocycles. The van der Waals surface area contributed by atoms with Gasteiger partial charge in [-0.05, 0) is 6.92 Å². The molecule has 1 unspecified atom stereocenters. The Bertz CT molecular complexity index is 334. The van der Waals surface area contributed by atoms with Gasteiger partial charge in [-0.3, -0.25) is 0 Å². The highest BCUT2D eigenvalue weighted by molar-refractivity contribution is 5.13. The summed E-state index contributed by atoms with van der Waals surface area (Å²) in [5, 5.41) is 0. The molecule has 0 radical (unpaired) electrons. The van der Waals surface area contributed by atoms with Crippen LogP contribution in [0.3, 0.4) is 0 Å². The molecule has 1 atom stereocenters. The van der Waals surface area contributed by atoms with Gasteiger partial charge in [0.05, 0.1) is 6.61 Å². The van der Waals surface area contributed by atoms with Crippen molar-refractivity contribution in [2.45, 2.75) is 39.2 Å². The van der Waals surface area contributed by atoms with E-state index >= 15 is 0 Å². The Morgan fingerprint density at radius 2 is 2.06 bits per heavy atom. The number of aromatic nitrogens is 2. The zero-order chi connectivity index (χ0) is 12.2. The van der Waals surface area contributed by atoms with E-state index in [1.807, 2.05) is 6.92 Å². The molecule has 0 aliphatic heterocycles. The minimum absolute atomic E-state index is 0.00674. The fraction of sp³-hybridized carbons (Fsp3) is 0.667. The van der Waals surface area contributed by atoms with Crippen LogP contribution < -0.4 is 4.74 Å². The second-order valence-corrected chi connectivity index (χ2v) is 4.85. The highest BCUT2D eigenvalue weighted by atomic mass is 16.5. The van der Waals surface area contributed by atoms with Gasteiger partial charge >= 0.3 is 0 Å². The summed E-state index contributed by atoms with van der Waals surface area (Å²) >= 11 is 0. The van der Waals surface area contributed by atoms with Gasteiger partial charge in [-0.25, -0.2) is 4.98 Å². The lowest BCUT2D eigenvalue weighted by Crippen LogP contribution is -2.21. The van der Waals surface area contributed by atoms with E-state index in [9.17, 15) is 0 Å². The van der Waals surface area contributed by atoms with Gasteiger partial charge in [-0.15, -0.1) is 0 Å². The lowest BCUT2D eigenvalue weighted by Gasteiger charge is -2.18. The van der Waals surface area contributed by atoms with E-state index in [1.165, 1.54) is 0 Å². The third kappa shape index (κ3) is 3.77. The van der Waals surface area contributed by atoms with E-state index in [0.29, 0.717) is 12.5 Å². The third-order valence-electron chi connectivity index (χ3n) is 2.02. The summed E-state index contributed by atoms with van der Waals surface area (Å²) in [6, 6.07) is 1.77. The Morgan fingerprint density at radius 1 is 1.38 bits per heavy atom. The lowest BCUT2D eigenvalue weighted by atomic mass is 9.96. The Labute approximate surface area is 97.0 Å². The number of rotatable bonds is 4. The Kier molecular flexibility index (Phi) is 4.24. The maximum absolute atomic E-state index is 5.61. The van der Waals surface area contributed by atoms with Gasteiger partial charge < -0.3 is 9.47 Å². The number of hydrogen-bond donors (Lipinski definition) is 0. The molecule has 1 aromatic rings. The normalized spacial score (nSPS) is 13.6. The van der Waals surface area contributed by atoms with Crippen LogP contribution in [0.5, 0.6) is 5.88 Å². The fourth-order valence-corrected chi connectivity index (χ4v) is 1.24. The van der Waals surface area contributed by atoms with E-state index in [0.717, 1.165) is 5.82 Å². The molecular formula is C12H20N2O2. The van der Waals surface area contributed by atoms with Crippen molar-refractivity contribution >= 4 is 0 Å². The molecule has 0 aliphatic rings. The van der Waals surface area contributed by atoms with Gasteiger partial charge in [0.25, 0.3) is 0 Å². The molecule has 0 fully saturated rings. The van der Waals surface area contributed by atoms with Gasteiger partial charge in [0.1, 0.15) is 11.9 Å². The number of hydrogen-bond acceptors (Lipinski definition) is 4. The van der Waals surface area contributed by atoms with Crippen LogP contribution in [0.1, 0.15) is 33.5 Å². The largest absolute Gasteiger partial charge is 0.472 e. The van der Waals surface area contributed by atoms with Crippen LogP contribution >= 0.6 is 0 Å². The quantitative estimate of drug-likeness (QED) is 0.786. The van der Waals surface area contributed by atoms with Crippen molar-refractivity contribution in [2.75, 3.05) is 13.7 Å². The molecule has 0 bridgehead atoms. The average Bonchev–Trinajstić information content (AvgIpc) is 2.17. The Balaban J connectivity index is 2.75. The molecule has 0 aliphatic carbocycles. The molecule has 0 saturated heterocycles. The van der Waals surface area contributed by atoms with Crippen LogP contribution in [0.25, 0.3) is 0 Å². The summed E-state index contributed by atoms with van der Waals surface area (Å²) in [4.78, 5) is 8.62. The highest BCUT2D eigenvalue weighted by Gasteiger charge is 2.18. The first kappa shape index (κ1) is 12.9. The van der Waals surface area contributed by atoms with Crippen LogP contribution in [0, 0.1) is 0 Å².